The van der Waals surface area contributed by atoms with Crippen molar-refractivity contribution in [2.45, 2.75) is 25.9 Å². The molecule has 2 aromatic carbocycles. The molecule has 1 atom stereocenters. The Hall–Kier alpha value is -4.14. The molecule has 0 unspecified atom stereocenters. The molecule has 206 valence electrons. The Morgan fingerprint density at radius 1 is 1.00 bits per heavy atom. The Morgan fingerprint density at radius 3 is 2.40 bits per heavy atom. The van der Waals surface area contributed by atoms with E-state index in [9.17, 15) is 9.59 Å². The smallest absolute Gasteiger partial charge is 0.247 e. The van der Waals surface area contributed by atoms with Gasteiger partial charge in [-0.15, -0.1) is 11.3 Å². The highest BCUT2D eigenvalue weighted by atomic mass is 32.1. The number of likely N-dealkylation sites (N-methyl/N-ethyl adjacent to an activating group) is 1. The first-order chi connectivity index (χ1) is 19.4. The van der Waals surface area contributed by atoms with E-state index in [-0.39, 0.29) is 18.4 Å². The molecule has 2 aromatic heterocycles. The summed E-state index contributed by atoms with van der Waals surface area (Å²) in [6, 6.07) is 22.8. The first kappa shape index (κ1) is 28.9. The van der Waals surface area contributed by atoms with Gasteiger partial charge in [-0.2, -0.15) is 0 Å². The molecule has 2 heterocycles. The number of nitrogens with zero attached hydrogens (tertiary/aromatic N) is 4. The van der Waals surface area contributed by atoms with Crippen molar-refractivity contribution in [1.82, 2.24) is 19.8 Å². The number of aromatic nitrogens is 2. The van der Waals surface area contributed by atoms with Crippen molar-refractivity contribution in [1.29, 1.82) is 0 Å². The fourth-order valence-electron chi connectivity index (χ4n) is 4.32. The average molecular weight is 555 g/mol. The van der Waals surface area contributed by atoms with Crippen LogP contribution in [0.15, 0.2) is 90.4 Å². The normalized spacial score (nSPS) is 11.9. The van der Waals surface area contributed by atoms with Gasteiger partial charge >= 0.3 is 0 Å². The third-order valence-corrected chi connectivity index (χ3v) is 7.32. The minimum absolute atomic E-state index is 0.141. The maximum Gasteiger partial charge on any atom is 0.247 e. The van der Waals surface area contributed by atoms with Gasteiger partial charge in [-0.3, -0.25) is 14.6 Å². The SMILES string of the molecule is COCCN(C)C(=O)[C@H](Cc1ccccc1)N(Cc1ccc(-c2ccccn2)cc1)C(=O)C=Cc1csc(C)n1. The predicted octanol–water partition coefficient (Wildman–Crippen LogP) is 5.27. The molecule has 2 amide bonds. The molecule has 40 heavy (non-hydrogen) atoms. The highest BCUT2D eigenvalue weighted by Crippen LogP contribution is 2.21. The van der Waals surface area contributed by atoms with Crippen molar-refractivity contribution in [2.75, 3.05) is 27.3 Å². The number of thiazole rings is 1. The highest BCUT2D eigenvalue weighted by Gasteiger charge is 2.31. The van der Waals surface area contributed by atoms with Gasteiger partial charge in [-0.1, -0.05) is 60.7 Å². The lowest BCUT2D eigenvalue weighted by atomic mass is 10.0. The first-order valence-corrected chi connectivity index (χ1v) is 14.0. The van der Waals surface area contributed by atoms with Crippen molar-refractivity contribution in [3.63, 3.8) is 0 Å². The number of aryl methyl sites for hydroxylation is 1. The van der Waals surface area contributed by atoms with Crippen molar-refractivity contribution >= 4 is 29.2 Å². The van der Waals surface area contributed by atoms with Crippen LogP contribution in [0, 0.1) is 6.92 Å². The fraction of sp³-hybridized carbons (Fsp3) is 0.250. The zero-order valence-corrected chi connectivity index (χ0v) is 23.9. The minimum atomic E-state index is -0.714. The average Bonchev–Trinajstić information content (AvgIpc) is 3.42. The lowest BCUT2D eigenvalue weighted by molar-refractivity contribution is -0.143. The van der Waals surface area contributed by atoms with Gasteiger partial charge in [0.15, 0.2) is 0 Å². The summed E-state index contributed by atoms with van der Waals surface area (Å²) in [5.74, 6) is -0.397. The molecule has 0 bridgehead atoms. The summed E-state index contributed by atoms with van der Waals surface area (Å²) in [5, 5.41) is 2.83. The molecule has 4 aromatic rings. The van der Waals surface area contributed by atoms with Crippen LogP contribution in [-0.4, -0.2) is 64.9 Å². The van der Waals surface area contributed by atoms with Gasteiger partial charge in [0.2, 0.25) is 11.8 Å². The molecule has 0 spiro atoms. The number of rotatable bonds is 12. The molecule has 0 aliphatic rings. The lowest BCUT2D eigenvalue weighted by Crippen LogP contribution is -2.51. The topological polar surface area (TPSA) is 75.6 Å². The Labute approximate surface area is 239 Å². The molecule has 0 fully saturated rings. The van der Waals surface area contributed by atoms with E-state index in [1.165, 1.54) is 17.4 Å². The number of amides is 2. The van der Waals surface area contributed by atoms with E-state index in [1.54, 1.807) is 36.2 Å². The van der Waals surface area contributed by atoms with E-state index >= 15 is 0 Å². The lowest BCUT2D eigenvalue weighted by Gasteiger charge is -2.33. The van der Waals surface area contributed by atoms with Crippen molar-refractivity contribution in [3.8, 4) is 11.3 Å². The summed E-state index contributed by atoms with van der Waals surface area (Å²) in [7, 11) is 3.35. The maximum absolute atomic E-state index is 13.8. The Morgan fingerprint density at radius 2 is 1.75 bits per heavy atom. The molecule has 0 radical (unpaired) electrons. The van der Waals surface area contributed by atoms with Crippen LogP contribution in [0.3, 0.4) is 0 Å². The predicted molar refractivity (Wildman–Crippen MR) is 160 cm³/mol. The molecule has 0 saturated heterocycles. The molecule has 7 nitrogen and oxygen atoms in total. The van der Waals surface area contributed by atoms with Crippen LogP contribution in [0.1, 0.15) is 21.8 Å². The van der Waals surface area contributed by atoms with Crippen LogP contribution in [0.5, 0.6) is 0 Å². The van der Waals surface area contributed by atoms with Crippen LogP contribution in [-0.2, 0) is 27.3 Å². The summed E-state index contributed by atoms with van der Waals surface area (Å²) in [6.07, 6.45) is 5.37. The number of methoxy groups -OCH3 is 1. The van der Waals surface area contributed by atoms with E-state index in [2.05, 4.69) is 9.97 Å². The third-order valence-electron chi connectivity index (χ3n) is 6.52. The molecule has 0 aliphatic carbocycles. The Bertz CT molecular complexity index is 1410. The summed E-state index contributed by atoms with van der Waals surface area (Å²) >= 11 is 1.53. The maximum atomic E-state index is 13.8. The van der Waals surface area contributed by atoms with Gasteiger partial charge in [0.1, 0.15) is 6.04 Å². The highest BCUT2D eigenvalue weighted by molar-refractivity contribution is 7.09. The molecule has 0 N–H and O–H groups in total. The molecule has 8 heteroatoms. The van der Waals surface area contributed by atoms with Crippen LogP contribution in [0.2, 0.25) is 0 Å². The van der Waals surface area contributed by atoms with Crippen LogP contribution >= 0.6 is 11.3 Å². The van der Waals surface area contributed by atoms with E-state index in [0.29, 0.717) is 19.6 Å². The number of hydrogen-bond acceptors (Lipinski definition) is 6. The van der Waals surface area contributed by atoms with E-state index in [0.717, 1.165) is 33.1 Å². The van der Waals surface area contributed by atoms with Crippen molar-refractivity contribution in [2.24, 2.45) is 0 Å². The van der Waals surface area contributed by atoms with Gasteiger partial charge in [-0.25, -0.2) is 4.98 Å². The molecule has 0 aliphatic heterocycles. The van der Waals surface area contributed by atoms with Crippen LogP contribution in [0.25, 0.3) is 17.3 Å². The van der Waals surface area contributed by atoms with Crippen molar-refractivity contribution in [3.05, 3.63) is 112 Å². The number of ether oxygens (including phenoxy) is 1. The number of pyridine rings is 1. The summed E-state index contributed by atoms with van der Waals surface area (Å²) in [4.78, 5) is 39.8. The van der Waals surface area contributed by atoms with E-state index < -0.39 is 6.04 Å². The third kappa shape index (κ3) is 7.94. The molecular formula is C32H34N4O3S. The minimum Gasteiger partial charge on any atom is -0.383 e. The fourth-order valence-corrected chi connectivity index (χ4v) is 4.90. The van der Waals surface area contributed by atoms with Gasteiger partial charge in [0.25, 0.3) is 0 Å². The second-order valence-electron chi connectivity index (χ2n) is 9.46. The summed E-state index contributed by atoms with van der Waals surface area (Å²) < 4.78 is 5.20. The Balaban J connectivity index is 1.67. The van der Waals surface area contributed by atoms with Gasteiger partial charge in [0.05, 0.1) is 23.0 Å². The molecule has 0 saturated carbocycles. The van der Waals surface area contributed by atoms with Crippen molar-refractivity contribution < 1.29 is 14.3 Å². The number of benzene rings is 2. The number of carbonyl (C=O) groups excluding carboxylic acids is 2. The van der Waals surface area contributed by atoms with E-state index in [4.69, 9.17) is 4.74 Å². The molecular weight excluding hydrogens is 520 g/mol. The number of carbonyl (C=O) groups is 2. The summed E-state index contributed by atoms with van der Waals surface area (Å²) in [5.41, 5.74) is 4.47. The standard InChI is InChI=1S/C32H34N4O3S/c1-24-34-28(23-40-24)16-17-31(37)36(22-26-12-14-27(15-13-26)29-11-7-8-18-33-29)30(21-25-9-5-4-6-10-25)32(38)35(2)19-20-39-3/h4-18,23,30H,19-22H2,1-3H3/t30-/m0/s1. The van der Waals surface area contributed by atoms with Gasteiger partial charge in [0, 0.05) is 56.9 Å². The monoisotopic (exact) mass is 554 g/mol. The second-order valence-corrected chi connectivity index (χ2v) is 10.5. The quantitative estimate of drug-likeness (QED) is 0.223. The zero-order chi connectivity index (χ0) is 28.3. The largest absolute Gasteiger partial charge is 0.383 e. The van der Waals surface area contributed by atoms with E-state index in [1.807, 2.05) is 85.1 Å². The van der Waals surface area contributed by atoms with Gasteiger partial charge < -0.3 is 14.5 Å². The zero-order valence-electron chi connectivity index (χ0n) is 23.1. The Kier molecular flexibility index (Phi) is 10.3. The van der Waals surface area contributed by atoms with Gasteiger partial charge in [-0.05, 0) is 36.3 Å². The number of hydrogen-bond donors (Lipinski definition) is 0. The second kappa shape index (κ2) is 14.3. The van der Waals surface area contributed by atoms with Crippen LogP contribution in [0.4, 0.5) is 0 Å². The first-order valence-electron chi connectivity index (χ1n) is 13.1. The molecule has 4 rings (SSSR count). The van der Waals surface area contributed by atoms with Crippen LogP contribution < -0.4 is 0 Å². The summed E-state index contributed by atoms with van der Waals surface area (Å²) in [6.45, 7) is 3.03.